The molecule has 0 atom stereocenters. The summed E-state index contributed by atoms with van der Waals surface area (Å²) in [6.45, 7) is 0.846. The van der Waals surface area contributed by atoms with Gasteiger partial charge in [-0.05, 0) is 0 Å². The van der Waals surface area contributed by atoms with Crippen molar-refractivity contribution in [2.45, 2.75) is 6.42 Å². The van der Waals surface area contributed by atoms with Crippen molar-refractivity contribution in [2.75, 3.05) is 39.6 Å². The van der Waals surface area contributed by atoms with E-state index in [-0.39, 0.29) is 33.0 Å². The second-order valence-corrected chi connectivity index (χ2v) is 4.60. The Hall–Kier alpha value is -2.22. The van der Waals surface area contributed by atoms with Crippen LogP contribution in [-0.4, -0.2) is 45.6 Å². The molecule has 1 aromatic carbocycles. The number of benzene rings is 1. The highest BCUT2D eigenvalue weighted by Gasteiger charge is 2.28. The lowest BCUT2D eigenvalue weighted by Crippen LogP contribution is -2.16. The normalized spacial score (nSPS) is 10.6. The lowest BCUT2D eigenvalue weighted by Gasteiger charge is -2.09. The third kappa shape index (κ3) is 6.59. The van der Waals surface area contributed by atoms with Crippen molar-refractivity contribution in [1.29, 1.82) is 0 Å². The van der Waals surface area contributed by atoms with Crippen LogP contribution in [0.3, 0.4) is 0 Å². The van der Waals surface area contributed by atoms with E-state index >= 15 is 0 Å². The molecule has 0 N–H and O–H groups in total. The van der Waals surface area contributed by atoms with E-state index in [4.69, 9.17) is 20.6 Å². The van der Waals surface area contributed by atoms with Gasteiger partial charge in [0.1, 0.15) is 6.61 Å². The average molecular weight is 382 g/mol. The first-order chi connectivity index (χ1) is 12.4. The number of rotatable bonds is 11. The number of esters is 1. The van der Waals surface area contributed by atoms with Gasteiger partial charge >= 0.3 is 5.97 Å². The molecule has 0 unspecified atom stereocenters. The highest BCUT2D eigenvalue weighted by atomic mass is 19.2. The average Bonchev–Trinajstić information content (AvgIpc) is 2.63. The third-order valence-corrected chi connectivity index (χ3v) is 2.77. The van der Waals surface area contributed by atoms with Gasteiger partial charge < -0.3 is 18.9 Å². The van der Waals surface area contributed by atoms with Gasteiger partial charge in [-0.2, -0.15) is 8.78 Å². The Morgan fingerprint density at radius 1 is 0.769 bits per heavy atom. The Kier molecular flexibility index (Phi) is 9.57. The topological polar surface area (TPSA) is 54.0 Å². The second kappa shape index (κ2) is 11.4. The molecule has 0 spiro atoms. The monoisotopic (exact) mass is 382 g/mol. The quantitative estimate of drug-likeness (QED) is 0.112. The lowest BCUT2D eigenvalue weighted by atomic mass is 10.2. The highest BCUT2D eigenvalue weighted by molar-refractivity contribution is 5.72. The Bertz CT molecular complexity index is 630. The lowest BCUT2D eigenvalue weighted by molar-refractivity contribution is -0.136. The summed E-state index contributed by atoms with van der Waals surface area (Å²) in [4.78, 5) is 11.4. The van der Waals surface area contributed by atoms with Crippen LogP contribution >= 0.6 is 0 Å². The number of hydrogen-bond donors (Lipinski definition) is 0. The van der Waals surface area contributed by atoms with E-state index in [0.717, 1.165) is 0 Å². The summed E-state index contributed by atoms with van der Waals surface area (Å²) in [5, 5.41) is 0. The zero-order valence-electron chi connectivity index (χ0n) is 13.5. The fourth-order valence-corrected chi connectivity index (χ4v) is 1.57. The van der Waals surface area contributed by atoms with Crippen LogP contribution in [-0.2, 0) is 19.0 Å². The van der Waals surface area contributed by atoms with Crippen molar-refractivity contribution >= 4 is 5.97 Å². The van der Waals surface area contributed by atoms with Gasteiger partial charge in [-0.25, -0.2) is 13.2 Å². The molecule has 0 aliphatic heterocycles. The van der Waals surface area contributed by atoms with Crippen LogP contribution in [0.1, 0.15) is 6.42 Å². The Morgan fingerprint density at radius 2 is 1.23 bits per heavy atom. The summed E-state index contributed by atoms with van der Waals surface area (Å²) in [5.41, 5.74) is 0. The molecular formula is C16H15F5O5. The molecule has 10 heteroatoms. The van der Waals surface area contributed by atoms with Crippen molar-refractivity contribution in [3.05, 3.63) is 29.1 Å². The second-order valence-electron chi connectivity index (χ2n) is 4.60. The van der Waals surface area contributed by atoms with Gasteiger partial charge in [-0.3, -0.25) is 4.79 Å². The van der Waals surface area contributed by atoms with Gasteiger partial charge in [0.05, 0.1) is 39.5 Å². The van der Waals surface area contributed by atoms with Crippen molar-refractivity contribution < 1.29 is 45.7 Å². The van der Waals surface area contributed by atoms with E-state index in [9.17, 15) is 26.7 Å². The fraction of sp³-hybridized carbons (Fsp3) is 0.438. The summed E-state index contributed by atoms with van der Waals surface area (Å²) in [6.07, 6.45) is 4.50. The van der Waals surface area contributed by atoms with Crippen molar-refractivity contribution in [3.8, 4) is 18.1 Å². The number of carbonyl (C=O) groups excluding carboxylic acids is 1. The van der Waals surface area contributed by atoms with E-state index < -0.39 is 47.2 Å². The van der Waals surface area contributed by atoms with Crippen LogP contribution in [0, 0.1) is 41.4 Å². The van der Waals surface area contributed by atoms with Crippen LogP contribution in [0.15, 0.2) is 0 Å². The number of halogens is 5. The van der Waals surface area contributed by atoms with E-state index in [1.54, 1.807) is 0 Å². The maximum Gasteiger partial charge on any atom is 0.313 e. The smallest absolute Gasteiger partial charge is 0.313 e. The molecule has 5 nitrogen and oxygen atoms in total. The molecule has 0 radical (unpaired) electrons. The maximum atomic E-state index is 13.3. The zero-order chi connectivity index (χ0) is 19.5. The standard InChI is InChI=1S/C16H15F5O5/c1-2-4-23-6-8-25-9-7-24-5-3-10(22)26-16-14(20)12(18)11(17)13(19)15(16)21/h1H,3-9H2. The summed E-state index contributed by atoms with van der Waals surface area (Å²) in [6, 6.07) is 0. The number of ether oxygens (including phenoxy) is 4. The van der Waals surface area contributed by atoms with Crippen LogP contribution in [0.2, 0.25) is 0 Å². The van der Waals surface area contributed by atoms with Gasteiger partial charge in [0.2, 0.25) is 34.8 Å². The van der Waals surface area contributed by atoms with Crippen LogP contribution in [0.25, 0.3) is 0 Å². The van der Waals surface area contributed by atoms with Crippen molar-refractivity contribution in [2.24, 2.45) is 0 Å². The first-order valence-corrected chi connectivity index (χ1v) is 7.29. The molecule has 1 rings (SSSR count). The number of carbonyl (C=O) groups is 1. The molecule has 0 saturated heterocycles. The molecule has 0 bridgehead atoms. The molecule has 0 fully saturated rings. The summed E-state index contributed by atoms with van der Waals surface area (Å²) < 4.78 is 84.7. The number of terminal acetylenes is 1. The molecule has 0 amide bonds. The molecule has 0 saturated carbocycles. The Morgan fingerprint density at radius 3 is 1.77 bits per heavy atom. The molecule has 1 aromatic rings. The van der Waals surface area contributed by atoms with E-state index in [1.165, 1.54) is 0 Å². The summed E-state index contributed by atoms with van der Waals surface area (Å²) in [7, 11) is 0. The largest absolute Gasteiger partial charge is 0.420 e. The number of hydrogen-bond acceptors (Lipinski definition) is 5. The van der Waals surface area contributed by atoms with Crippen LogP contribution < -0.4 is 4.74 Å². The van der Waals surface area contributed by atoms with E-state index in [2.05, 4.69) is 10.7 Å². The first-order valence-electron chi connectivity index (χ1n) is 7.29. The van der Waals surface area contributed by atoms with Gasteiger partial charge in [0.25, 0.3) is 0 Å². The van der Waals surface area contributed by atoms with Gasteiger partial charge in [0, 0.05) is 0 Å². The maximum absolute atomic E-state index is 13.3. The van der Waals surface area contributed by atoms with Crippen molar-refractivity contribution in [1.82, 2.24) is 0 Å². The summed E-state index contributed by atoms with van der Waals surface area (Å²) in [5.74, 6) is -11.8. The molecular weight excluding hydrogens is 367 g/mol. The Labute approximate surface area is 146 Å². The predicted molar refractivity (Wildman–Crippen MR) is 77.8 cm³/mol. The van der Waals surface area contributed by atoms with Gasteiger partial charge in [-0.1, -0.05) is 5.92 Å². The van der Waals surface area contributed by atoms with Gasteiger partial charge in [0.15, 0.2) is 0 Å². The van der Waals surface area contributed by atoms with Crippen LogP contribution in [0.5, 0.6) is 5.75 Å². The first kappa shape index (κ1) is 21.8. The van der Waals surface area contributed by atoms with E-state index in [1.807, 2.05) is 0 Å². The van der Waals surface area contributed by atoms with E-state index in [0.29, 0.717) is 6.61 Å². The predicted octanol–water partition coefficient (Wildman–Crippen LogP) is 2.36. The Balaban J connectivity index is 2.29. The zero-order valence-corrected chi connectivity index (χ0v) is 13.5. The molecule has 144 valence electrons. The highest BCUT2D eigenvalue weighted by Crippen LogP contribution is 2.29. The molecule has 26 heavy (non-hydrogen) atoms. The third-order valence-electron chi connectivity index (χ3n) is 2.77. The molecule has 0 aromatic heterocycles. The minimum absolute atomic E-state index is 0.102. The minimum Gasteiger partial charge on any atom is -0.420 e. The van der Waals surface area contributed by atoms with Crippen LogP contribution in [0.4, 0.5) is 22.0 Å². The minimum atomic E-state index is -2.34. The fourth-order valence-electron chi connectivity index (χ4n) is 1.57. The molecule has 0 aliphatic rings. The van der Waals surface area contributed by atoms with Gasteiger partial charge in [-0.15, -0.1) is 6.42 Å². The molecule has 0 aliphatic carbocycles. The SMILES string of the molecule is C#CCOCCOCCOCCC(=O)Oc1c(F)c(F)c(F)c(F)c1F. The van der Waals surface area contributed by atoms with Crippen molar-refractivity contribution in [3.63, 3.8) is 0 Å². The summed E-state index contributed by atoms with van der Waals surface area (Å²) >= 11 is 0. The molecule has 0 heterocycles.